The molecule has 2 heterocycles. The maximum absolute atomic E-state index is 13.4. The van der Waals surface area contributed by atoms with Crippen LogP contribution >= 0.6 is 0 Å². The molecule has 1 N–H and O–H groups in total. The predicted molar refractivity (Wildman–Crippen MR) is 113 cm³/mol. The molecular weight excluding hydrogens is 350 g/mol. The van der Waals surface area contributed by atoms with Crippen molar-refractivity contribution in [2.45, 2.75) is 13.8 Å². The topological polar surface area (TPSA) is 59.4 Å². The highest BCUT2D eigenvalue weighted by molar-refractivity contribution is 5.86. The molecule has 4 rings (SSSR count). The first-order valence-electron chi connectivity index (χ1n) is 9.02. The molecule has 0 unspecified atom stereocenters. The molecule has 0 saturated carbocycles. The van der Waals surface area contributed by atoms with Crippen LogP contribution in [0.5, 0.6) is 5.75 Å². The van der Waals surface area contributed by atoms with E-state index in [0.717, 1.165) is 33.7 Å². The van der Waals surface area contributed by atoms with Crippen molar-refractivity contribution in [3.63, 3.8) is 0 Å². The van der Waals surface area contributed by atoms with E-state index in [1.54, 1.807) is 7.11 Å². The van der Waals surface area contributed by atoms with Crippen molar-refractivity contribution >= 4 is 11.2 Å². The summed E-state index contributed by atoms with van der Waals surface area (Å²) in [5.41, 5.74) is 6.01. The number of benzene rings is 2. The maximum atomic E-state index is 13.4. The summed E-state index contributed by atoms with van der Waals surface area (Å²) in [5.74, 6) is 0.742. The summed E-state index contributed by atoms with van der Waals surface area (Å²) in [5, 5.41) is 3.25. The fourth-order valence-corrected chi connectivity index (χ4v) is 3.49. The molecule has 0 fully saturated rings. The lowest BCUT2D eigenvalue weighted by Gasteiger charge is -2.07. The Morgan fingerprint density at radius 2 is 1.75 bits per heavy atom. The normalized spacial score (nSPS) is 11.0. The number of aromatic amines is 1. The average Bonchev–Trinajstić information content (AvgIpc) is 3.09. The first-order valence-corrected chi connectivity index (χ1v) is 9.02. The number of rotatable bonds is 4. The standard InChI is InChI=1S/C23H21N3O2/c1-14(2)19-21(17-8-6-5-7-9-17)25-26-22(19)24-15(3)20(23(26)27)16-10-12-18(28-4)13-11-16/h5-13,25H,1H2,2-4H3. The Morgan fingerprint density at radius 1 is 1.07 bits per heavy atom. The van der Waals surface area contributed by atoms with Crippen molar-refractivity contribution in [1.29, 1.82) is 0 Å². The molecule has 2 aromatic carbocycles. The molecule has 28 heavy (non-hydrogen) atoms. The van der Waals surface area contributed by atoms with E-state index < -0.39 is 0 Å². The van der Waals surface area contributed by atoms with Gasteiger partial charge >= 0.3 is 0 Å². The molecule has 5 heteroatoms. The van der Waals surface area contributed by atoms with Crippen LogP contribution in [0.2, 0.25) is 0 Å². The molecule has 2 aromatic heterocycles. The van der Waals surface area contributed by atoms with Crippen molar-refractivity contribution in [3.05, 3.63) is 82.8 Å². The molecule has 0 atom stereocenters. The van der Waals surface area contributed by atoms with E-state index in [9.17, 15) is 4.79 Å². The molecule has 140 valence electrons. The number of hydrogen-bond acceptors (Lipinski definition) is 3. The molecule has 0 radical (unpaired) electrons. The third-order valence-corrected chi connectivity index (χ3v) is 4.83. The van der Waals surface area contributed by atoms with Crippen LogP contribution in [0.4, 0.5) is 0 Å². The van der Waals surface area contributed by atoms with E-state index in [1.807, 2.05) is 68.4 Å². The number of methoxy groups -OCH3 is 1. The number of H-pyrrole nitrogens is 1. The number of fused-ring (bicyclic) bond motifs is 1. The fraction of sp³-hybridized carbons (Fsp3) is 0.130. The number of nitrogens with zero attached hydrogens (tertiary/aromatic N) is 2. The summed E-state index contributed by atoms with van der Waals surface area (Å²) >= 11 is 0. The largest absolute Gasteiger partial charge is 0.497 e. The quantitative estimate of drug-likeness (QED) is 0.565. The Kier molecular flexibility index (Phi) is 4.35. The first-order chi connectivity index (χ1) is 13.5. The predicted octanol–water partition coefficient (Wildman–Crippen LogP) is 4.71. The minimum absolute atomic E-state index is 0.141. The minimum atomic E-state index is -0.141. The van der Waals surface area contributed by atoms with Crippen molar-refractivity contribution in [2.75, 3.05) is 7.11 Å². The van der Waals surface area contributed by atoms with E-state index in [1.165, 1.54) is 4.52 Å². The van der Waals surface area contributed by atoms with E-state index >= 15 is 0 Å². The molecule has 4 aromatic rings. The van der Waals surface area contributed by atoms with Crippen molar-refractivity contribution in [1.82, 2.24) is 14.6 Å². The number of aryl methyl sites for hydroxylation is 1. The minimum Gasteiger partial charge on any atom is -0.497 e. The van der Waals surface area contributed by atoms with Gasteiger partial charge in [0.05, 0.1) is 24.1 Å². The Bertz CT molecular complexity index is 1230. The second kappa shape index (κ2) is 6.85. The highest BCUT2D eigenvalue weighted by Crippen LogP contribution is 2.31. The van der Waals surface area contributed by atoms with Crippen LogP contribution in [0, 0.1) is 6.92 Å². The molecule has 0 amide bonds. The van der Waals surface area contributed by atoms with Crippen LogP contribution in [0.1, 0.15) is 18.2 Å². The van der Waals surface area contributed by atoms with Crippen molar-refractivity contribution in [3.8, 4) is 28.1 Å². The zero-order valence-corrected chi connectivity index (χ0v) is 16.1. The lowest BCUT2D eigenvalue weighted by Crippen LogP contribution is -2.19. The second-order valence-corrected chi connectivity index (χ2v) is 6.77. The number of allylic oxidation sites excluding steroid dienone is 1. The van der Waals surface area contributed by atoms with Gasteiger partial charge in [-0.1, -0.05) is 49.0 Å². The van der Waals surface area contributed by atoms with Gasteiger partial charge in [-0.25, -0.2) is 4.98 Å². The van der Waals surface area contributed by atoms with Gasteiger partial charge in [0.2, 0.25) is 0 Å². The highest BCUT2D eigenvalue weighted by atomic mass is 16.5. The van der Waals surface area contributed by atoms with Crippen molar-refractivity contribution < 1.29 is 4.74 Å². The summed E-state index contributed by atoms with van der Waals surface area (Å²) in [6.45, 7) is 7.89. The number of hydrogen-bond donors (Lipinski definition) is 1. The lowest BCUT2D eigenvalue weighted by atomic mass is 10.0. The van der Waals surface area contributed by atoms with Gasteiger partial charge < -0.3 is 4.74 Å². The molecule has 0 aliphatic rings. The van der Waals surface area contributed by atoms with E-state index in [4.69, 9.17) is 9.72 Å². The molecule has 0 spiro atoms. The monoisotopic (exact) mass is 371 g/mol. The van der Waals surface area contributed by atoms with Gasteiger partial charge in [-0.2, -0.15) is 4.52 Å². The van der Waals surface area contributed by atoms with E-state index in [-0.39, 0.29) is 5.56 Å². The summed E-state index contributed by atoms with van der Waals surface area (Å²) in [6, 6.07) is 17.3. The Morgan fingerprint density at radius 3 is 2.36 bits per heavy atom. The van der Waals surface area contributed by atoms with Crippen molar-refractivity contribution in [2.24, 2.45) is 0 Å². The number of aromatic nitrogens is 3. The van der Waals surface area contributed by atoms with Crippen LogP contribution < -0.4 is 10.3 Å². The van der Waals surface area contributed by atoms with E-state index in [0.29, 0.717) is 16.9 Å². The molecule has 0 aliphatic carbocycles. The maximum Gasteiger partial charge on any atom is 0.280 e. The fourth-order valence-electron chi connectivity index (χ4n) is 3.49. The number of nitrogens with one attached hydrogen (secondary N) is 1. The zero-order valence-electron chi connectivity index (χ0n) is 16.1. The average molecular weight is 371 g/mol. The summed E-state index contributed by atoms with van der Waals surface area (Å²) in [6.07, 6.45) is 0. The van der Waals surface area contributed by atoms with Gasteiger partial charge in [0.15, 0.2) is 5.65 Å². The highest BCUT2D eigenvalue weighted by Gasteiger charge is 2.20. The van der Waals surface area contributed by atoms with Gasteiger partial charge in [0, 0.05) is 11.1 Å². The van der Waals surface area contributed by atoms with Gasteiger partial charge in [0.25, 0.3) is 5.56 Å². The summed E-state index contributed by atoms with van der Waals surface area (Å²) in [7, 11) is 1.62. The molecule has 5 nitrogen and oxygen atoms in total. The molecule has 0 bridgehead atoms. The van der Waals surface area contributed by atoms with Crippen LogP contribution in [0.15, 0.2) is 66.0 Å². The SMILES string of the molecule is C=C(C)c1c(-c2ccccc2)[nH]n2c(=O)c(-c3ccc(OC)cc3)c(C)nc12. The van der Waals surface area contributed by atoms with Gasteiger partial charge in [0.1, 0.15) is 5.75 Å². The summed E-state index contributed by atoms with van der Waals surface area (Å²) in [4.78, 5) is 18.1. The Hall–Kier alpha value is -3.60. The van der Waals surface area contributed by atoms with Crippen LogP contribution in [-0.4, -0.2) is 21.7 Å². The zero-order chi connectivity index (χ0) is 19.8. The van der Waals surface area contributed by atoms with Crippen LogP contribution in [0.3, 0.4) is 0 Å². The first kappa shape index (κ1) is 17.8. The molecule has 0 aliphatic heterocycles. The third-order valence-electron chi connectivity index (χ3n) is 4.83. The molecular formula is C23H21N3O2. The molecule has 0 saturated heterocycles. The van der Waals surface area contributed by atoms with E-state index in [2.05, 4.69) is 11.7 Å². The lowest BCUT2D eigenvalue weighted by molar-refractivity contribution is 0.415. The Balaban J connectivity index is 2.01. The Labute approximate surface area is 162 Å². The van der Waals surface area contributed by atoms with Crippen LogP contribution in [0.25, 0.3) is 33.6 Å². The van der Waals surface area contributed by atoms with Gasteiger partial charge in [-0.05, 0) is 37.1 Å². The van der Waals surface area contributed by atoms with Gasteiger partial charge in [-0.3, -0.25) is 9.89 Å². The second-order valence-electron chi connectivity index (χ2n) is 6.77. The smallest absolute Gasteiger partial charge is 0.280 e. The third kappa shape index (κ3) is 2.81. The summed E-state index contributed by atoms with van der Waals surface area (Å²) < 4.78 is 6.73. The van der Waals surface area contributed by atoms with Gasteiger partial charge in [-0.15, -0.1) is 0 Å². The number of ether oxygens (including phenoxy) is 1. The van der Waals surface area contributed by atoms with Crippen LogP contribution in [-0.2, 0) is 0 Å².